The molecule has 3 aromatic carbocycles. The summed E-state index contributed by atoms with van der Waals surface area (Å²) < 4.78 is 60.7. The first-order valence-corrected chi connectivity index (χ1v) is 12.6. The summed E-state index contributed by atoms with van der Waals surface area (Å²) in [6.07, 6.45) is 0. The third-order valence-corrected chi connectivity index (χ3v) is 8.81. The van der Waals surface area contributed by atoms with Gasteiger partial charge in [0.25, 0.3) is 10.0 Å². The third-order valence-electron chi connectivity index (χ3n) is 4.83. The number of halogens is 1. The number of anilines is 1. The second kappa shape index (κ2) is 8.53. The van der Waals surface area contributed by atoms with Crippen LogP contribution >= 0.6 is 11.6 Å². The van der Waals surface area contributed by atoms with Crippen molar-refractivity contribution in [2.75, 3.05) is 11.8 Å². The fraction of sp³-hybridized carbons (Fsp3) is 0.182. The average molecular weight is 480 g/mol. The molecular weight excluding hydrogens is 458 g/mol. The van der Waals surface area contributed by atoms with Crippen LogP contribution in [0.25, 0.3) is 0 Å². The maximum atomic E-state index is 13.3. The Kier molecular flexibility index (Phi) is 6.36. The largest absolute Gasteiger partial charge is 0.497 e. The van der Waals surface area contributed by atoms with Crippen LogP contribution in [0.1, 0.15) is 16.7 Å². The second-order valence-corrected chi connectivity index (χ2v) is 11.0. The first-order valence-electron chi connectivity index (χ1n) is 9.25. The Morgan fingerprint density at radius 3 is 1.90 bits per heavy atom. The van der Waals surface area contributed by atoms with Crippen molar-refractivity contribution in [3.63, 3.8) is 0 Å². The zero-order valence-electron chi connectivity index (χ0n) is 17.4. The van der Waals surface area contributed by atoms with Crippen molar-refractivity contribution < 1.29 is 21.6 Å². The Labute approximate surface area is 187 Å². The van der Waals surface area contributed by atoms with Crippen molar-refractivity contribution in [3.8, 4) is 5.75 Å². The quantitative estimate of drug-likeness (QED) is 0.542. The number of benzene rings is 3. The number of rotatable bonds is 6. The number of sulfone groups is 1. The van der Waals surface area contributed by atoms with Crippen molar-refractivity contribution in [1.29, 1.82) is 0 Å². The second-order valence-electron chi connectivity index (χ2n) is 7.08. The van der Waals surface area contributed by atoms with Gasteiger partial charge >= 0.3 is 0 Å². The number of hydrogen-bond acceptors (Lipinski definition) is 5. The van der Waals surface area contributed by atoms with Gasteiger partial charge < -0.3 is 4.74 Å². The molecule has 0 atom stereocenters. The predicted molar refractivity (Wildman–Crippen MR) is 121 cm³/mol. The minimum Gasteiger partial charge on any atom is -0.497 e. The van der Waals surface area contributed by atoms with Gasteiger partial charge in [0.1, 0.15) is 5.75 Å². The summed E-state index contributed by atoms with van der Waals surface area (Å²) in [7, 11) is -6.51. The van der Waals surface area contributed by atoms with E-state index in [0.717, 1.165) is 0 Å². The summed E-state index contributed by atoms with van der Waals surface area (Å²) >= 11 is 5.88. The van der Waals surface area contributed by atoms with E-state index >= 15 is 0 Å². The van der Waals surface area contributed by atoms with Crippen LogP contribution in [0.3, 0.4) is 0 Å². The molecule has 0 unspecified atom stereocenters. The summed E-state index contributed by atoms with van der Waals surface area (Å²) in [4.78, 5) is -0.0598. The molecule has 0 heterocycles. The van der Waals surface area contributed by atoms with Gasteiger partial charge in [0, 0.05) is 10.7 Å². The van der Waals surface area contributed by atoms with E-state index in [4.69, 9.17) is 16.3 Å². The molecule has 0 spiro atoms. The van der Waals surface area contributed by atoms with Gasteiger partial charge in [0.15, 0.2) is 0 Å². The summed E-state index contributed by atoms with van der Waals surface area (Å²) in [5.74, 6) is 0.585. The van der Waals surface area contributed by atoms with Gasteiger partial charge in [-0.3, -0.25) is 4.72 Å². The number of sulfonamides is 1. The number of methoxy groups -OCH3 is 1. The van der Waals surface area contributed by atoms with Crippen molar-refractivity contribution >= 4 is 37.1 Å². The van der Waals surface area contributed by atoms with Crippen molar-refractivity contribution in [2.24, 2.45) is 0 Å². The molecule has 0 aromatic heterocycles. The summed E-state index contributed by atoms with van der Waals surface area (Å²) in [5.41, 5.74) is 1.41. The lowest BCUT2D eigenvalue weighted by molar-refractivity contribution is 0.415. The standard InChI is InChI=1S/C22H22ClNO5S2/c1-14-13-15(2)22(31(27,28)24-18-7-9-19(29-4)10-8-18)16(3)21(14)30(25,26)20-11-5-17(23)6-12-20/h5-13,24H,1-4H3. The number of ether oxygens (including phenoxy) is 1. The van der Waals surface area contributed by atoms with Gasteiger partial charge in [-0.15, -0.1) is 0 Å². The number of hydrogen-bond donors (Lipinski definition) is 1. The molecule has 0 aliphatic carbocycles. The van der Waals surface area contributed by atoms with E-state index in [1.165, 1.54) is 38.3 Å². The van der Waals surface area contributed by atoms with E-state index < -0.39 is 19.9 Å². The predicted octanol–water partition coefficient (Wildman–Crippen LogP) is 4.91. The van der Waals surface area contributed by atoms with Gasteiger partial charge in [0.2, 0.25) is 9.84 Å². The van der Waals surface area contributed by atoms with Crippen LogP contribution in [0.4, 0.5) is 5.69 Å². The zero-order valence-corrected chi connectivity index (χ0v) is 19.8. The van der Waals surface area contributed by atoms with Crippen LogP contribution in [0, 0.1) is 20.8 Å². The molecule has 6 nitrogen and oxygen atoms in total. The molecule has 0 amide bonds. The summed E-state index contributed by atoms with van der Waals surface area (Å²) in [6.45, 7) is 4.79. The zero-order chi connectivity index (χ0) is 23.0. The van der Waals surface area contributed by atoms with Gasteiger partial charge in [-0.2, -0.15) is 0 Å². The molecule has 3 aromatic rings. The van der Waals surface area contributed by atoms with Crippen LogP contribution < -0.4 is 9.46 Å². The minimum atomic E-state index is -4.06. The molecule has 0 radical (unpaired) electrons. The Morgan fingerprint density at radius 1 is 0.806 bits per heavy atom. The molecule has 9 heteroatoms. The highest BCUT2D eigenvalue weighted by Crippen LogP contribution is 2.34. The van der Waals surface area contributed by atoms with Gasteiger partial charge in [0.05, 0.1) is 21.8 Å². The Bertz CT molecular complexity index is 1330. The highest BCUT2D eigenvalue weighted by Gasteiger charge is 2.29. The maximum Gasteiger partial charge on any atom is 0.262 e. The first kappa shape index (κ1) is 23.1. The lowest BCUT2D eigenvalue weighted by Crippen LogP contribution is -2.18. The van der Waals surface area contributed by atoms with Crippen molar-refractivity contribution in [3.05, 3.63) is 76.3 Å². The first-order chi connectivity index (χ1) is 14.5. The maximum absolute atomic E-state index is 13.3. The Balaban J connectivity index is 2.14. The molecule has 0 aliphatic heterocycles. The SMILES string of the molecule is COc1ccc(NS(=O)(=O)c2c(C)cc(C)c(S(=O)(=O)c3ccc(Cl)cc3)c2C)cc1. The molecule has 0 bridgehead atoms. The highest BCUT2D eigenvalue weighted by atomic mass is 35.5. The van der Waals surface area contributed by atoms with Crippen LogP contribution in [-0.2, 0) is 19.9 Å². The smallest absolute Gasteiger partial charge is 0.262 e. The molecule has 164 valence electrons. The third kappa shape index (κ3) is 4.56. The van der Waals surface area contributed by atoms with Gasteiger partial charge in [-0.05, 0) is 86.0 Å². The Morgan fingerprint density at radius 2 is 1.35 bits per heavy atom. The molecule has 0 fully saturated rings. The monoisotopic (exact) mass is 479 g/mol. The van der Waals surface area contributed by atoms with E-state index in [1.807, 2.05) is 0 Å². The van der Waals surface area contributed by atoms with Crippen molar-refractivity contribution in [1.82, 2.24) is 0 Å². The fourth-order valence-electron chi connectivity index (χ4n) is 3.57. The molecule has 0 saturated carbocycles. The van der Waals surface area contributed by atoms with Gasteiger partial charge in [-0.25, -0.2) is 16.8 Å². The molecule has 1 N–H and O–H groups in total. The molecule has 3 rings (SSSR count). The van der Waals surface area contributed by atoms with E-state index in [1.54, 1.807) is 44.2 Å². The van der Waals surface area contributed by atoms with Gasteiger partial charge in [-0.1, -0.05) is 17.7 Å². The average Bonchev–Trinajstić information content (AvgIpc) is 2.67. The van der Waals surface area contributed by atoms with E-state index in [2.05, 4.69) is 4.72 Å². The number of aryl methyl sites for hydroxylation is 2. The lowest BCUT2D eigenvalue weighted by atomic mass is 10.1. The molecular formula is C22H22ClNO5S2. The summed E-state index contributed by atoms with van der Waals surface area (Å²) in [5, 5.41) is 0.406. The van der Waals surface area contributed by atoms with Crippen molar-refractivity contribution in [2.45, 2.75) is 35.5 Å². The van der Waals surface area contributed by atoms with Crippen LogP contribution in [0.5, 0.6) is 5.75 Å². The highest BCUT2D eigenvalue weighted by molar-refractivity contribution is 7.93. The molecule has 0 aliphatic rings. The molecule has 31 heavy (non-hydrogen) atoms. The van der Waals surface area contributed by atoms with E-state index in [0.29, 0.717) is 27.6 Å². The van der Waals surface area contributed by atoms with E-state index in [9.17, 15) is 16.8 Å². The lowest BCUT2D eigenvalue weighted by Gasteiger charge is -2.18. The normalized spacial score (nSPS) is 11.9. The number of nitrogens with one attached hydrogen (secondary N) is 1. The summed E-state index contributed by atoms with van der Waals surface area (Å²) in [6, 6.07) is 13.7. The van der Waals surface area contributed by atoms with Crippen LogP contribution in [-0.4, -0.2) is 23.9 Å². The van der Waals surface area contributed by atoms with E-state index in [-0.39, 0.29) is 20.2 Å². The molecule has 0 saturated heterocycles. The minimum absolute atomic E-state index is 0.0319. The van der Waals surface area contributed by atoms with Crippen LogP contribution in [0.15, 0.2) is 69.3 Å². The Hall–Kier alpha value is -2.55. The van der Waals surface area contributed by atoms with Crippen LogP contribution in [0.2, 0.25) is 5.02 Å². The topological polar surface area (TPSA) is 89.5 Å². The fourth-order valence-corrected chi connectivity index (χ4v) is 7.02.